The number of halogens is 2. The van der Waals surface area contributed by atoms with Gasteiger partial charge in [-0.3, -0.25) is 9.78 Å². The van der Waals surface area contributed by atoms with E-state index in [0.717, 1.165) is 78.3 Å². The number of nitrogens with one attached hydrogen (secondary N) is 3. The van der Waals surface area contributed by atoms with Gasteiger partial charge < -0.3 is 72.1 Å². The predicted octanol–water partition coefficient (Wildman–Crippen LogP) is 13.5. The molecule has 5 aliphatic rings. The molecule has 0 aliphatic carbocycles. The van der Waals surface area contributed by atoms with Crippen molar-refractivity contribution >= 4 is 54.3 Å². The van der Waals surface area contributed by atoms with E-state index in [0.29, 0.717) is 123 Å². The molecule has 0 saturated carbocycles. The lowest BCUT2D eigenvalue weighted by Gasteiger charge is -2.34. The van der Waals surface area contributed by atoms with Gasteiger partial charge in [0.25, 0.3) is 5.56 Å². The fourth-order valence-electron chi connectivity index (χ4n) is 11.8. The molecule has 5 aromatic carbocycles. The van der Waals surface area contributed by atoms with Crippen molar-refractivity contribution in [3.05, 3.63) is 225 Å². The summed E-state index contributed by atoms with van der Waals surface area (Å²) in [5.41, 5.74) is 9.14. The van der Waals surface area contributed by atoms with E-state index in [1.54, 1.807) is 55.0 Å². The van der Waals surface area contributed by atoms with E-state index >= 15 is 0 Å². The zero-order chi connectivity index (χ0) is 76.9. The normalized spacial score (nSPS) is 18.2. The molecule has 15 rings (SSSR count). The molecule has 5 aliphatic heterocycles. The average molecular weight is 1560 g/mol. The van der Waals surface area contributed by atoms with Crippen molar-refractivity contribution in [2.75, 3.05) is 103 Å². The van der Waals surface area contributed by atoms with Gasteiger partial charge in [0.05, 0.1) is 89.4 Å². The number of hydrogen-bond donors (Lipinski definition) is 3. The molecular weight excluding hydrogens is 1470 g/mol. The third kappa shape index (κ3) is 24.8. The van der Waals surface area contributed by atoms with Crippen LogP contribution in [0.5, 0.6) is 0 Å². The number of H-pyrrole nitrogens is 1. The number of nitrogens with zero attached hydrogens (tertiary/aromatic N) is 14. The Balaban J connectivity index is 0.000000163. The zero-order valence-electron chi connectivity index (χ0n) is 63.2. The van der Waals surface area contributed by atoms with Crippen LogP contribution in [0.4, 0.5) is 26.9 Å². The van der Waals surface area contributed by atoms with Gasteiger partial charge in [0, 0.05) is 95.5 Å². The van der Waals surface area contributed by atoms with Crippen molar-refractivity contribution in [3.63, 3.8) is 0 Å². The molecule has 5 saturated heterocycles. The summed E-state index contributed by atoms with van der Waals surface area (Å²) in [4.78, 5) is 76.9. The van der Waals surface area contributed by atoms with E-state index < -0.39 is 11.2 Å². The van der Waals surface area contributed by atoms with Gasteiger partial charge in [-0.2, -0.15) is 15.0 Å². The Hall–Kier alpha value is -10.9. The minimum Gasteiger partial charge on any atom is -0.444 e. The van der Waals surface area contributed by atoms with E-state index in [-0.39, 0.29) is 73.1 Å². The largest absolute Gasteiger partial charge is 0.444 e. The summed E-state index contributed by atoms with van der Waals surface area (Å²) >= 11 is 0. The maximum Gasteiger partial charge on any atom is 0.410 e. The zero-order valence-corrected chi connectivity index (χ0v) is 64.9. The van der Waals surface area contributed by atoms with Crippen LogP contribution in [0.2, 0.25) is 0 Å². The van der Waals surface area contributed by atoms with E-state index in [4.69, 9.17) is 59.9 Å². The standard InChI is InChI=1S/C21H19N7O3.C18H23N3O4.C16H20N2O3.C13H15N3O2.C11H12N2O.2ClH/c1-13-24-20(27-31-13)15-4-2-14(3-5-15)18-11-28(8-9-30-18)21-25-17(10-19(29)26-21)16-6-7-22-12-23-16;1-12-19-16(20-25-12)14-7-5-13(6-8-14)15-11-21(9-10-23-15)17(22)24-18(2,3)4;1-16(2,3)21-15(19)18-9-10-20-14(11-18)12-5-7-13(17-4)8-6-12;1-9-15-13(16-18-9)11-4-2-10(3-5-11)12-8-14-6-7-17-12;1-12-10-4-2-9(3-5-10)11-8-13-6-7-14-11;;/h2-7,10,12,18H,8-9,11H2,1H3,(H,25,26,29);5-8,15H,9-11H2,1-4H3;5-8,14H,9-11H2,1-3H3;2-5,12,14H,6-8H2,1H3;2-5,11,13H,6-8H2;2*1H/t18-;15-;14-;12-;11-;;/m11111../s1. The molecule has 32 heteroatoms. The number of ether oxygens (including phenoxy) is 7. The maximum absolute atomic E-state index is 12.3. The number of carbonyl (C=O) groups excluding carboxylic acids is 2. The number of rotatable bonds is 10. The smallest absolute Gasteiger partial charge is 0.410 e. The fourth-order valence-corrected chi connectivity index (χ4v) is 11.8. The molecule has 0 spiro atoms. The monoisotopic (exact) mass is 1560 g/mol. The summed E-state index contributed by atoms with van der Waals surface area (Å²) < 4.78 is 54.7. The number of amides is 2. The first kappa shape index (κ1) is 84.1. The summed E-state index contributed by atoms with van der Waals surface area (Å²) in [6.07, 6.45) is 2.20. The van der Waals surface area contributed by atoms with Gasteiger partial charge >= 0.3 is 12.2 Å². The lowest BCUT2D eigenvalue weighted by molar-refractivity contribution is -0.0434. The van der Waals surface area contributed by atoms with Crippen molar-refractivity contribution in [3.8, 4) is 45.6 Å². The second-order valence-corrected chi connectivity index (χ2v) is 27.7. The number of morpholine rings is 5. The number of benzene rings is 5. The fraction of sp³-hybridized carbons (Fsp3) is 0.392. The lowest BCUT2D eigenvalue weighted by atomic mass is 10.1. The number of aryl methyl sites for hydroxylation is 3. The first-order chi connectivity index (χ1) is 52.6. The second-order valence-electron chi connectivity index (χ2n) is 27.7. The second kappa shape index (κ2) is 40.2. The van der Waals surface area contributed by atoms with E-state index in [1.165, 1.54) is 18.0 Å². The molecule has 0 radical (unpaired) electrons. The molecule has 10 aromatic rings. The Morgan fingerprint density at radius 3 is 1.19 bits per heavy atom. The van der Waals surface area contributed by atoms with Crippen LogP contribution in [0, 0.1) is 33.9 Å². The van der Waals surface area contributed by atoms with Crippen LogP contribution in [0.3, 0.4) is 0 Å². The van der Waals surface area contributed by atoms with Crippen LogP contribution < -0.4 is 21.1 Å². The topological polar surface area (TPSA) is 330 Å². The van der Waals surface area contributed by atoms with Crippen LogP contribution in [0.1, 0.15) is 118 Å². The van der Waals surface area contributed by atoms with Crippen molar-refractivity contribution in [2.45, 2.75) is 104 Å². The number of carbonyl (C=O) groups is 2. The molecule has 5 aromatic heterocycles. The SMILES string of the molecule is Cc1nc(-c2ccc([C@H]3CN(C(=O)OC(C)(C)C)CCO3)cc2)no1.Cc1nc(-c2ccc([C@H]3CN(c4nc(-c5ccncn5)cc(=O)[nH]4)CCO3)cc2)no1.Cc1nc(-c2ccc([C@H]3CNCCO3)cc2)no1.Cl.Cl.[C-]#[N+]c1ccc([C@H]2CN(C(=O)OC(C)(C)C)CCO2)cc1.[C-]#[N+]c1ccc([C@H]2CNCCO2)cc1. The van der Waals surface area contributed by atoms with Crippen molar-refractivity contribution in [2.24, 2.45) is 0 Å². The summed E-state index contributed by atoms with van der Waals surface area (Å²) in [6, 6.07) is 41.8. The Morgan fingerprint density at radius 1 is 0.477 bits per heavy atom. The summed E-state index contributed by atoms with van der Waals surface area (Å²) in [7, 11) is 0. The lowest BCUT2D eigenvalue weighted by Crippen LogP contribution is -2.44. The van der Waals surface area contributed by atoms with E-state index in [1.807, 2.05) is 144 Å². The molecule has 3 N–H and O–H groups in total. The van der Waals surface area contributed by atoms with Crippen molar-refractivity contribution in [1.29, 1.82) is 0 Å². The van der Waals surface area contributed by atoms with Gasteiger partial charge in [-0.25, -0.2) is 34.2 Å². The highest BCUT2D eigenvalue weighted by atomic mass is 35.5. The Labute approximate surface area is 655 Å². The van der Waals surface area contributed by atoms with Gasteiger partial charge in [-0.05, 0) is 75.4 Å². The maximum atomic E-state index is 12.3. The minimum atomic E-state index is -0.505. The van der Waals surface area contributed by atoms with Gasteiger partial charge in [-0.15, -0.1) is 24.8 Å². The van der Waals surface area contributed by atoms with Crippen LogP contribution in [-0.4, -0.2) is 182 Å². The third-order valence-electron chi connectivity index (χ3n) is 17.2. The summed E-state index contributed by atoms with van der Waals surface area (Å²) in [5.74, 6) is 3.87. The number of aromatic amines is 1. The molecule has 5 atom stereocenters. The van der Waals surface area contributed by atoms with Gasteiger partial charge in [0.15, 0.2) is 11.4 Å². The van der Waals surface area contributed by atoms with Crippen LogP contribution in [0.25, 0.3) is 55.2 Å². The molecule has 0 bridgehead atoms. The average Bonchev–Trinajstić information content (AvgIpc) is 1.81. The van der Waals surface area contributed by atoms with Crippen molar-refractivity contribution in [1.82, 2.24) is 70.8 Å². The quantitative estimate of drug-likeness (QED) is 0.107. The molecule has 584 valence electrons. The highest BCUT2D eigenvalue weighted by molar-refractivity contribution is 5.85. The Bertz CT molecular complexity index is 4710. The highest BCUT2D eigenvalue weighted by Gasteiger charge is 2.32. The van der Waals surface area contributed by atoms with Crippen LogP contribution in [0.15, 0.2) is 164 Å². The number of hydrogen-bond acceptors (Lipinski definition) is 25. The van der Waals surface area contributed by atoms with Crippen molar-refractivity contribution < 1.29 is 56.3 Å². The molecule has 0 unspecified atom stereocenters. The first-order valence-corrected chi connectivity index (χ1v) is 35.8. The van der Waals surface area contributed by atoms with Crippen LogP contribution >= 0.6 is 24.8 Å². The number of aromatic nitrogens is 10. The summed E-state index contributed by atoms with van der Waals surface area (Å²) in [5, 5.41) is 18.3. The molecule has 30 nitrogen and oxygen atoms in total. The number of anilines is 1. The molecular formula is C79H91Cl2N17O13. The third-order valence-corrected chi connectivity index (χ3v) is 17.2. The molecule has 5 fully saturated rings. The molecule has 2 amide bonds. The van der Waals surface area contributed by atoms with E-state index in [2.05, 4.69) is 82.8 Å². The van der Waals surface area contributed by atoms with Gasteiger partial charge in [0.1, 0.15) is 35.8 Å². The molecule has 10 heterocycles. The first-order valence-electron chi connectivity index (χ1n) is 35.8. The van der Waals surface area contributed by atoms with E-state index in [9.17, 15) is 14.4 Å². The predicted molar refractivity (Wildman–Crippen MR) is 416 cm³/mol. The summed E-state index contributed by atoms with van der Waals surface area (Å²) in [6.45, 7) is 40.0. The molecule has 111 heavy (non-hydrogen) atoms. The minimum absolute atomic E-state index is 0. The Morgan fingerprint density at radius 2 is 0.847 bits per heavy atom. The Kier molecular flexibility index (Phi) is 30.4. The van der Waals surface area contributed by atoms with Gasteiger partial charge in [-0.1, -0.05) is 137 Å². The highest BCUT2D eigenvalue weighted by Crippen LogP contribution is 2.32. The van der Waals surface area contributed by atoms with Gasteiger partial charge in [0.2, 0.25) is 41.1 Å². The van der Waals surface area contributed by atoms with Crippen LogP contribution in [-0.2, 0) is 33.2 Å².